The van der Waals surface area contributed by atoms with Crippen LogP contribution in [0.15, 0.2) is 18.5 Å². The van der Waals surface area contributed by atoms with Gasteiger partial charge in [-0.05, 0) is 39.6 Å². The number of rotatable bonds is 4. The van der Waals surface area contributed by atoms with Gasteiger partial charge in [0.25, 0.3) is 0 Å². The third-order valence-corrected chi connectivity index (χ3v) is 2.06. The number of hydrogen-bond acceptors (Lipinski definition) is 3. The Labute approximate surface area is 86.2 Å². The molecule has 1 aromatic rings. The zero-order valence-corrected chi connectivity index (χ0v) is 9.41. The number of aromatic nitrogens is 1. The van der Waals surface area contributed by atoms with Crippen molar-refractivity contribution in [1.29, 1.82) is 0 Å². The van der Waals surface area contributed by atoms with E-state index in [2.05, 4.69) is 43.1 Å². The van der Waals surface area contributed by atoms with Crippen molar-refractivity contribution in [2.45, 2.75) is 19.9 Å². The average Bonchev–Trinajstić information content (AvgIpc) is 2.07. The zero-order chi connectivity index (χ0) is 10.6. The third-order valence-electron chi connectivity index (χ3n) is 2.06. The van der Waals surface area contributed by atoms with Gasteiger partial charge in [0, 0.05) is 30.7 Å². The summed E-state index contributed by atoms with van der Waals surface area (Å²) < 4.78 is 0. The Hall–Kier alpha value is -1.09. The molecule has 0 fully saturated rings. The summed E-state index contributed by atoms with van der Waals surface area (Å²) >= 11 is 0. The smallest absolute Gasteiger partial charge is 0.0403 e. The molecule has 1 atom stereocenters. The molecule has 0 saturated carbocycles. The Morgan fingerprint density at radius 3 is 2.79 bits per heavy atom. The van der Waals surface area contributed by atoms with E-state index < -0.39 is 0 Å². The second-order valence-electron chi connectivity index (χ2n) is 4.00. The number of nitrogens with one attached hydrogen (secondary N) is 1. The van der Waals surface area contributed by atoms with E-state index in [-0.39, 0.29) is 0 Å². The van der Waals surface area contributed by atoms with Crippen molar-refractivity contribution in [2.24, 2.45) is 0 Å². The molecule has 0 aliphatic heterocycles. The van der Waals surface area contributed by atoms with E-state index in [1.165, 1.54) is 11.3 Å². The van der Waals surface area contributed by atoms with Crippen molar-refractivity contribution in [1.82, 2.24) is 9.88 Å². The molecular formula is C11H19N3. The molecule has 0 aromatic carbocycles. The first-order valence-corrected chi connectivity index (χ1v) is 4.91. The Kier molecular flexibility index (Phi) is 3.89. The standard InChI is InChI=1S/C11H19N3/c1-9-7-12-6-5-11(9)13-10(2)8-14(3)4/h5-7,10H,8H2,1-4H3,(H,12,13)/t10-/m0/s1. The molecule has 0 saturated heterocycles. The molecule has 1 aromatic heterocycles. The fraction of sp³-hybridized carbons (Fsp3) is 0.545. The normalized spacial score (nSPS) is 12.9. The molecule has 78 valence electrons. The van der Waals surface area contributed by atoms with Crippen LogP contribution in [-0.4, -0.2) is 36.6 Å². The molecule has 3 heteroatoms. The van der Waals surface area contributed by atoms with Crippen molar-refractivity contribution in [2.75, 3.05) is 26.0 Å². The number of aryl methyl sites for hydroxylation is 1. The van der Waals surface area contributed by atoms with Gasteiger partial charge in [0.05, 0.1) is 0 Å². The predicted molar refractivity (Wildman–Crippen MR) is 60.6 cm³/mol. The fourth-order valence-electron chi connectivity index (χ4n) is 1.49. The molecule has 14 heavy (non-hydrogen) atoms. The Morgan fingerprint density at radius 1 is 1.50 bits per heavy atom. The molecule has 0 aliphatic rings. The molecule has 0 spiro atoms. The maximum atomic E-state index is 4.06. The van der Waals surface area contributed by atoms with Crippen molar-refractivity contribution in [3.05, 3.63) is 24.0 Å². The molecular weight excluding hydrogens is 174 g/mol. The van der Waals surface area contributed by atoms with Gasteiger partial charge in [-0.15, -0.1) is 0 Å². The van der Waals surface area contributed by atoms with E-state index in [9.17, 15) is 0 Å². The maximum absolute atomic E-state index is 4.06. The molecule has 3 nitrogen and oxygen atoms in total. The van der Waals surface area contributed by atoms with E-state index in [1.807, 2.05) is 18.5 Å². The van der Waals surface area contributed by atoms with Gasteiger partial charge in [-0.1, -0.05) is 0 Å². The summed E-state index contributed by atoms with van der Waals surface area (Å²) in [6.07, 6.45) is 3.70. The van der Waals surface area contributed by atoms with Crippen LogP contribution in [0.1, 0.15) is 12.5 Å². The number of nitrogens with zero attached hydrogens (tertiary/aromatic N) is 2. The first-order valence-electron chi connectivity index (χ1n) is 4.91. The largest absolute Gasteiger partial charge is 0.381 e. The lowest BCUT2D eigenvalue weighted by Gasteiger charge is -2.20. The van der Waals surface area contributed by atoms with Crippen molar-refractivity contribution < 1.29 is 0 Å². The van der Waals surface area contributed by atoms with Crippen LogP contribution in [0.2, 0.25) is 0 Å². The van der Waals surface area contributed by atoms with Crippen LogP contribution in [0.5, 0.6) is 0 Å². The zero-order valence-electron chi connectivity index (χ0n) is 9.41. The lowest BCUT2D eigenvalue weighted by atomic mass is 10.2. The van der Waals surface area contributed by atoms with Gasteiger partial charge in [0.15, 0.2) is 0 Å². The first-order chi connectivity index (χ1) is 6.59. The summed E-state index contributed by atoms with van der Waals surface area (Å²) in [6.45, 7) is 5.28. The number of likely N-dealkylation sites (N-methyl/N-ethyl adjacent to an activating group) is 1. The molecule has 0 amide bonds. The van der Waals surface area contributed by atoms with Crippen LogP contribution in [0.4, 0.5) is 5.69 Å². The van der Waals surface area contributed by atoms with Crippen molar-refractivity contribution in [3.8, 4) is 0 Å². The second-order valence-corrected chi connectivity index (χ2v) is 4.00. The SMILES string of the molecule is Cc1cnccc1N[C@@H](C)CN(C)C. The summed E-state index contributed by atoms with van der Waals surface area (Å²) in [5.74, 6) is 0. The third kappa shape index (κ3) is 3.34. The highest BCUT2D eigenvalue weighted by atomic mass is 15.1. The van der Waals surface area contributed by atoms with Gasteiger partial charge in [0.1, 0.15) is 0 Å². The highest BCUT2D eigenvalue weighted by Gasteiger charge is 2.04. The van der Waals surface area contributed by atoms with Crippen LogP contribution in [-0.2, 0) is 0 Å². The minimum absolute atomic E-state index is 0.450. The van der Waals surface area contributed by atoms with E-state index in [0.717, 1.165) is 6.54 Å². The van der Waals surface area contributed by atoms with Crippen LogP contribution in [0.25, 0.3) is 0 Å². The van der Waals surface area contributed by atoms with E-state index in [4.69, 9.17) is 0 Å². The number of pyridine rings is 1. The highest BCUT2D eigenvalue weighted by Crippen LogP contribution is 2.12. The summed E-state index contributed by atoms with van der Waals surface area (Å²) in [5.41, 5.74) is 2.37. The first kappa shape index (κ1) is 11.0. The predicted octanol–water partition coefficient (Wildman–Crippen LogP) is 1.75. The Bertz CT molecular complexity index is 284. The van der Waals surface area contributed by atoms with Gasteiger partial charge in [-0.2, -0.15) is 0 Å². The van der Waals surface area contributed by atoms with E-state index in [1.54, 1.807) is 0 Å². The van der Waals surface area contributed by atoms with Gasteiger partial charge in [0.2, 0.25) is 0 Å². The highest BCUT2D eigenvalue weighted by molar-refractivity contribution is 5.49. The summed E-state index contributed by atoms with van der Waals surface area (Å²) in [5, 5.41) is 3.46. The monoisotopic (exact) mass is 193 g/mol. The van der Waals surface area contributed by atoms with Crippen molar-refractivity contribution in [3.63, 3.8) is 0 Å². The van der Waals surface area contributed by atoms with Crippen LogP contribution >= 0.6 is 0 Å². The fourth-order valence-corrected chi connectivity index (χ4v) is 1.49. The Balaban J connectivity index is 2.56. The number of hydrogen-bond donors (Lipinski definition) is 1. The summed E-state index contributed by atoms with van der Waals surface area (Å²) in [6, 6.07) is 2.47. The minimum atomic E-state index is 0.450. The average molecular weight is 193 g/mol. The lowest BCUT2D eigenvalue weighted by molar-refractivity contribution is 0.392. The van der Waals surface area contributed by atoms with Gasteiger partial charge in [-0.3, -0.25) is 4.98 Å². The number of anilines is 1. The minimum Gasteiger partial charge on any atom is -0.381 e. The van der Waals surface area contributed by atoms with Crippen LogP contribution in [0, 0.1) is 6.92 Å². The summed E-state index contributed by atoms with van der Waals surface area (Å²) in [4.78, 5) is 6.24. The second kappa shape index (κ2) is 4.96. The van der Waals surface area contributed by atoms with E-state index in [0.29, 0.717) is 6.04 Å². The molecule has 0 unspecified atom stereocenters. The van der Waals surface area contributed by atoms with Gasteiger partial charge < -0.3 is 10.2 Å². The quantitative estimate of drug-likeness (QED) is 0.789. The molecule has 0 bridgehead atoms. The Morgan fingerprint density at radius 2 is 2.21 bits per heavy atom. The molecule has 1 rings (SSSR count). The van der Waals surface area contributed by atoms with Gasteiger partial charge >= 0.3 is 0 Å². The van der Waals surface area contributed by atoms with Crippen LogP contribution in [0.3, 0.4) is 0 Å². The van der Waals surface area contributed by atoms with Crippen LogP contribution < -0.4 is 5.32 Å². The molecule has 1 heterocycles. The summed E-state index contributed by atoms with van der Waals surface area (Å²) in [7, 11) is 4.16. The maximum Gasteiger partial charge on any atom is 0.0403 e. The van der Waals surface area contributed by atoms with Gasteiger partial charge in [-0.25, -0.2) is 0 Å². The van der Waals surface area contributed by atoms with Crippen molar-refractivity contribution >= 4 is 5.69 Å². The lowest BCUT2D eigenvalue weighted by Crippen LogP contribution is -2.29. The molecule has 1 N–H and O–H groups in total. The molecule has 0 radical (unpaired) electrons. The molecule has 0 aliphatic carbocycles. The van der Waals surface area contributed by atoms with E-state index >= 15 is 0 Å². The topological polar surface area (TPSA) is 28.2 Å².